The summed E-state index contributed by atoms with van der Waals surface area (Å²) in [5, 5.41) is 6.72. The molecule has 144 valence electrons. The lowest BCUT2D eigenvalue weighted by Crippen LogP contribution is -2.38. The summed E-state index contributed by atoms with van der Waals surface area (Å²) in [5.41, 5.74) is 0. The van der Waals surface area contributed by atoms with E-state index in [4.69, 9.17) is 9.47 Å². The van der Waals surface area contributed by atoms with Gasteiger partial charge in [0.05, 0.1) is 12.7 Å². The van der Waals surface area contributed by atoms with E-state index in [0.29, 0.717) is 6.10 Å². The van der Waals surface area contributed by atoms with Crippen LogP contribution in [-0.4, -0.2) is 52.0 Å². The van der Waals surface area contributed by atoms with Crippen LogP contribution in [0, 0.1) is 5.92 Å². The lowest BCUT2D eigenvalue weighted by molar-refractivity contribution is 0.0420. The van der Waals surface area contributed by atoms with Gasteiger partial charge in [0, 0.05) is 33.4 Å². The standard InChI is InChI=1S/C18H37N3O2.HI/c1-16(2)9-6-4-5-7-11-20-18(19-3)21-12-8-13-23-17-10-14-22-15-17;/h16-17H,4-15H2,1-3H3,(H2,19,20,21);1H. The summed E-state index contributed by atoms with van der Waals surface area (Å²) < 4.78 is 11.0. The molecule has 24 heavy (non-hydrogen) atoms. The molecule has 1 rings (SSSR count). The van der Waals surface area contributed by atoms with Crippen LogP contribution < -0.4 is 10.6 Å². The first-order chi connectivity index (χ1) is 11.2. The van der Waals surface area contributed by atoms with Crippen LogP contribution >= 0.6 is 24.0 Å². The predicted molar refractivity (Wildman–Crippen MR) is 112 cm³/mol. The van der Waals surface area contributed by atoms with Crippen molar-refractivity contribution in [3.8, 4) is 0 Å². The quantitative estimate of drug-likeness (QED) is 0.205. The number of rotatable bonds is 12. The largest absolute Gasteiger partial charge is 0.379 e. The van der Waals surface area contributed by atoms with Crippen molar-refractivity contribution in [2.45, 2.75) is 64.9 Å². The maximum atomic E-state index is 5.75. The molecular formula is C18H38IN3O2. The molecule has 0 aliphatic carbocycles. The summed E-state index contributed by atoms with van der Waals surface area (Å²) in [4.78, 5) is 4.25. The summed E-state index contributed by atoms with van der Waals surface area (Å²) in [5.74, 6) is 1.73. The molecule has 0 radical (unpaired) electrons. The van der Waals surface area contributed by atoms with E-state index in [-0.39, 0.29) is 24.0 Å². The normalized spacial score (nSPS) is 17.8. The maximum absolute atomic E-state index is 5.75. The van der Waals surface area contributed by atoms with E-state index in [1.165, 1.54) is 32.1 Å². The van der Waals surface area contributed by atoms with Crippen molar-refractivity contribution in [3.63, 3.8) is 0 Å². The molecule has 1 fully saturated rings. The molecule has 6 heteroatoms. The second-order valence-corrected chi connectivity index (χ2v) is 6.73. The number of ether oxygens (including phenoxy) is 2. The van der Waals surface area contributed by atoms with Gasteiger partial charge >= 0.3 is 0 Å². The fourth-order valence-corrected chi connectivity index (χ4v) is 2.63. The highest BCUT2D eigenvalue weighted by atomic mass is 127. The van der Waals surface area contributed by atoms with Gasteiger partial charge in [0.15, 0.2) is 5.96 Å². The van der Waals surface area contributed by atoms with Crippen molar-refractivity contribution in [2.24, 2.45) is 10.9 Å². The van der Waals surface area contributed by atoms with Gasteiger partial charge in [-0.1, -0.05) is 39.5 Å². The Balaban J connectivity index is 0.00000529. The molecular weight excluding hydrogens is 417 g/mol. The van der Waals surface area contributed by atoms with Crippen LogP contribution in [0.25, 0.3) is 0 Å². The van der Waals surface area contributed by atoms with Crippen LogP contribution in [0.3, 0.4) is 0 Å². The van der Waals surface area contributed by atoms with Gasteiger partial charge in [-0.2, -0.15) is 0 Å². The third-order valence-electron chi connectivity index (χ3n) is 4.08. The Morgan fingerprint density at radius 1 is 1.12 bits per heavy atom. The summed E-state index contributed by atoms with van der Waals surface area (Å²) in [6.07, 6.45) is 8.90. The van der Waals surface area contributed by atoms with Crippen LogP contribution in [0.15, 0.2) is 4.99 Å². The van der Waals surface area contributed by atoms with Crippen molar-refractivity contribution >= 4 is 29.9 Å². The van der Waals surface area contributed by atoms with Crippen molar-refractivity contribution in [3.05, 3.63) is 0 Å². The summed E-state index contributed by atoms with van der Waals surface area (Å²) in [7, 11) is 1.82. The highest BCUT2D eigenvalue weighted by molar-refractivity contribution is 14.0. The number of nitrogens with zero attached hydrogens (tertiary/aromatic N) is 1. The highest BCUT2D eigenvalue weighted by Crippen LogP contribution is 2.09. The lowest BCUT2D eigenvalue weighted by Gasteiger charge is -2.13. The Kier molecular flexibility index (Phi) is 16.3. The number of aliphatic imine (C=N–C) groups is 1. The Morgan fingerprint density at radius 2 is 1.83 bits per heavy atom. The van der Waals surface area contributed by atoms with Crippen LogP contribution in [0.5, 0.6) is 0 Å². The fraction of sp³-hybridized carbons (Fsp3) is 0.944. The first kappa shape index (κ1) is 23.9. The molecule has 5 nitrogen and oxygen atoms in total. The Labute approximate surface area is 165 Å². The van der Waals surface area contributed by atoms with Gasteiger partial charge in [0.25, 0.3) is 0 Å². The molecule has 0 aromatic carbocycles. The molecule has 1 unspecified atom stereocenters. The van der Waals surface area contributed by atoms with Crippen molar-refractivity contribution in [1.29, 1.82) is 0 Å². The Hall–Kier alpha value is -0.0800. The Morgan fingerprint density at radius 3 is 2.46 bits per heavy atom. The van der Waals surface area contributed by atoms with E-state index in [0.717, 1.165) is 57.6 Å². The first-order valence-corrected chi connectivity index (χ1v) is 9.36. The average molecular weight is 455 g/mol. The van der Waals surface area contributed by atoms with Gasteiger partial charge in [0.2, 0.25) is 0 Å². The van der Waals surface area contributed by atoms with Gasteiger partial charge in [-0.05, 0) is 25.2 Å². The molecule has 0 bridgehead atoms. The number of guanidine groups is 1. The topological polar surface area (TPSA) is 54.9 Å². The maximum Gasteiger partial charge on any atom is 0.190 e. The van der Waals surface area contributed by atoms with Gasteiger partial charge in [-0.3, -0.25) is 4.99 Å². The average Bonchev–Trinajstić information content (AvgIpc) is 3.04. The van der Waals surface area contributed by atoms with Gasteiger partial charge in [-0.15, -0.1) is 24.0 Å². The number of nitrogens with one attached hydrogen (secondary N) is 2. The van der Waals surface area contributed by atoms with E-state index in [9.17, 15) is 0 Å². The molecule has 1 heterocycles. The predicted octanol–water partition coefficient (Wildman–Crippen LogP) is 3.57. The molecule has 2 N–H and O–H groups in total. The number of hydrogen-bond donors (Lipinski definition) is 2. The van der Waals surface area contributed by atoms with Crippen LogP contribution in [-0.2, 0) is 9.47 Å². The fourth-order valence-electron chi connectivity index (χ4n) is 2.63. The molecule has 1 atom stereocenters. The molecule has 0 aromatic heterocycles. The van der Waals surface area contributed by atoms with Crippen LogP contribution in [0.2, 0.25) is 0 Å². The van der Waals surface area contributed by atoms with Gasteiger partial charge in [-0.25, -0.2) is 0 Å². The summed E-state index contributed by atoms with van der Waals surface area (Å²) in [6.45, 7) is 8.87. The smallest absolute Gasteiger partial charge is 0.190 e. The van der Waals surface area contributed by atoms with E-state index in [2.05, 4.69) is 29.5 Å². The Bertz CT molecular complexity index is 309. The minimum absolute atomic E-state index is 0. The van der Waals surface area contributed by atoms with E-state index < -0.39 is 0 Å². The van der Waals surface area contributed by atoms with Gasteiger partial charge < -0.3 is 20.1 Å². The molecule has 1 aliphatic rings. The highest BCUT2D eigenvalue weighted by Gasteiger charge is 2.15. The van der Waals surface area contributed by atoms with Gasteiger partial charge in [0.1, 0.15) is 0 Å². The van der Waals surface area contributed by atoms with Crippen molar-refractivity contribution < 1.29 is 9.47 Å². The van der Waals surface area contributed by atoms with Crippen molar-refractivity contribution in [2.75, 3.05) is 40.0 Å². The van der Waals surface area contributed by atoms with E-state index >= 15 is 0 Å². The molecule has 0 saturated carbocycles. The molecule has 0 aromatic rings. The summed E-state index contributed by atoms with van der Waals surface area (Å²) in [6, 6.07) is 0. The third kappa shape index (κ3) is 13.2. The lowest BCUT2D eigenvalue weighted by atomic mass is 10.0. The zero-order valence-corrected chi connectivity index (χ0v) is 18.1. The first-order valence-electron chi connectivity index (χ1n) is 9.36. The number of hydrogen-bond acceptors (Lipinski definition) is 3. The second kappa shape index (κ2) is 16.4. The van der Waals surface area contributed by atoms with E-state index in [1.54, 1.807) is 0 Å². The molecule has 1 aliphatic heterocycles. The monoisotopic (exact) mass is 455 g/mol. The van der Waals surface area contributed by atoms with Crippen LogP contribution in [0.4, 0.5) is 0 Å². The number of unbranched alkanes of at least 4 members (excludes halogenated alkanes) is 3. The molecule has 0 amide bonds. The summed E-state index contributed by atoms with van der Waals surface area (Å²) >= 11 is 0. The minimum Gasteiger partial charge on any atom is -0.379 e. The van der Waals surface area contributed by atoms with E-state index in [1.807, 2.05) is 7.05 Å². The minimum atomic E-state index is 0. The second-order valence-electron chi connectivity index (χ2n) is 6.73. The zero-order valence-electron chi connectivity index (χ0n) is 15.8. The SMILES string of the molecule is CN=C(NCCCCCCC(C)C)NCCCOC1CCOC1.I. The molecule has 1 saturated heterocycles. The van der Waals surface area contributed by atoms with Crippen LogP contribution in [0.1, 0.15) is 58.8 Å². The van der Waals surface area contributed by atoms with Crippen molar-refractivity contribution in [1.82, 2.24) is 10.6 Å². The number of halogens is 1. The molecule has 0 spiro atoms. The zero-order chi connectivity index (χ0) is 16.8. The third-order valence-corrected chi connectivity index (χ3v) is 4.08.